The van der Waals surface area contributed by atoms with E-state index in [1.807, 2.05) is 42.6 Å². The lowest BCUT2D eigenvalue weighted by Crippen LogP contribution is -2.44. The number of nitrogens with zero attached hydrogens (tertiary/aromatic N) is 3. The molecule has 0 radical (unpaired) electrons. The third-order valence-corrected chi connectivity index (χ3v) is 5.32. The second-order valence-corrected chi connectivity index (χ2v) is 7.28. The summed E-state index contributed by atoms with van der Waals surface area (Å²) in [5.41, 5.74) is 3.27. The molecule has 7 nitrogen and oxygen atoms in total. The van der Waals surface area contributed by atoms with E-state index in [9.17, 15) is 0 Å². The number of para-hydroxylation sites is 2. The lowest BCUT2D eigenvalue weighted by molar-refractivity contribution is 0.415. The monoisotopic (exact) mass is 532 g/mol. The van der Waals surface area contributed by atoms with Crippen molar-refractivity contribution in [3.05, 3.63) is 66.6 Å². The highest BCUT2D eigenvalue weighted by Gasteiger charge is 2.25. The highest BCUT2D eigenvalue weighted by Crippen LogP contribution is 2.30. The molecule has 8 heteroatoms. The van der Waals surface area contributed by atoms with Crippen molar-refractivity contribution >= 4 is 35.6 Å². The minimum atomic E-state index is 0. The summed E-state index contributed by atoms with van der Waals surface area (Å²) < 4.78 is 5.51. The Morgan fingerprint density at radius 1 is 1.19 bits per heavy atom. The number of H-pyrrole nitrogens is 1. The van der Waals surface area contributed by atoms with Crippen LogP contribution in [0.5, 0.6) is 5.75 Å². The van der Waals surface area contributed by atoms with Gasteiger partial charge >= 0.3 is 0 Å². The Kier molecular flexibility index (Phi) is 8.16. The minimum absolute atomic E-state index is 0. The van der Waals surface area contributed by atoms with Gasteiger partial charge in [-0.2, -0.15) is 0 Å². The number of benzene rings is 2. The maximum absolute atomic E-state index is 5.51. The molecule has 164 valence electrons. The number of rotatable bonds is 6. The van der Waals surface area contributed by atoms with Crippen LogP contribution in [0.2, 0.25) is 0 Å². The van der Waals surface area contributed by atoms with Crippen LogP contribution in [0.25, 0.3) is 11.3 Å². The summed E-state index contributed by atoms with van der Waals surface area (Å²) >= 11 is 0. The van der Waals surface area contributed by atoms with E-state index >= 15 is 0 Å². The van der Waals surface area contributed by atoms with E-state index in [4.69, 9.17) is 4.74 Å². The van der Waals surface area contributed by atoms with E-state index in [1.54, 1.807) is 14.2 Å². The van der Waals surface area contributed by atoms with Gasteiger partial charge in [0.1, 0.15) is 11.6 Å². The smallest absolute Gasteiger partial charge is 0.191 e. The molecule has 1 aromatic heterocycles. The van der Waals surface area contributed by atoms with E-state index < -0.39 is 0 Å². The second kappa shape index (κ2) is 11.0. The number of guanidine groups is 1. The first kappa shape index (κ1) is 22.9. The standard InChI is InChI=1S/C23H28N6O.HI/c1-24-23(26-15-22-25-14-19(28-22)17-8-4-3-5-9-17)27-18-12-13-29(16-18)20-10-6-7-11-21(20)30-2;/h3-11,14,18H,12-13,15-16H2,1-2H3,(H,25,28)(H2,24,26,27);1H. The van der Waals surface area contributed by atoms with E-state index in [1.165, 1.54) is 0 Å². The number of aromatic amines is 1. The fraction of sp³-hybridized carbons (Fsp3) is 0.304. The van der Waals surface area contributed by atoms with Gasteiger partial charge in [-0.25, -0.2) is 4.98 Å². The first-order chi connectivity index (χ1) is 14.8. The van der Waals surface area contributed by atoms with E-state index in [0.717, 1.165) is 54.0 Å². The zero-order valence-corrected chi connectivity index (χ0v) is 20.2. The summed E-state index contributed by atoms with van der Waals surface area (Å²) in [5.74, 6) is 2.56. The number of imidazole rings is 1. The number of aliphatic imine (C=N–C) groups is 1. The molecule has 1 saturated heterocycles. The molecule has 0 spiro atoms. The number of methoxy groups -OCH3 is 1. The van der Waals surface area contributed by atoms with Crippen molar-refractivity contribution < 1.29 is 4.74 Å². The predicted octanol–water partition coefficient (Wildman–Crippen LogP) is 3.65. The zero-order chi connectivity index (χ0) is 20.8. The van der Waals surface area contributed by atoms with Crippen LogP contribution in [0.15, 0.2) is 65.8 Å². The molecule has 1 unspecified atom stereocenters. The Balaban J connectivity index is 0.00000272. The predicted molar refractivity (Wildman–Crippen MR) is 136 cm³/mol. The van der Waals surface area contributed by atoms with Gasteiger partial charge in [-0.15, -0.1) is 24.0 Å². The van der Waals surface area contributed by atoms with Gasteiger partial charge in [-0.05, 0) is 24.1 Å². The number of aromatic nitrogens is 2. The maximum atomic E-state index is 5.51. The van der Waals surface area contributed by atoms with Crippen molar-refractivity contribution in [2.24, 2.45) is 4.99 Å². The molecule has 4 rings (SSSR count). The quantitative estimate of drug-likeness (QED) is 0.257. The largest absolute Gasteiger partial charge is 0.495 e. The van der Waals surface area contributed by atoms with Crippen molar-refractivity contribution in [3.8, 4) is 17.0 Å². The van der Waals surface area contributed by atoms with Crippen molar-refractivity contribution in [2.75, 3.05) is 32.1 Å². The molecular weight excluding hydrogens is 503 g/mol. The van der Waals surface area contributed by atoms with E-state index in [-0.39, 0.29) is 24.0 Å². The third-order valence-electron chi connectivity index (χ3n) is 5.32. The third kappa shape index (κ3) is 5.69. The first-order valence-corrected chi connectivity index (χ1v) is 10.2. The number of hydrogen-bond donors (Lipinski definition) is 3. The molecule has 2 heterocycles. The molecule has 1 atom stereocenters. The summed E-state index contributed by atoms with van der Waals surface area (Å²) in [6, 6.07) is 18.7. The van der Waals surface area contributed by atoms with Crippen molar-refractivity contribution in [2.45, 2.75) is 19.0 Å². The van der Waals surface area contributed by atoms with Crippen LogP contribution in [0.1, 0.15) is 12.2 Å². The lowest BCUT2D eigenvalue weighted by atomic mass is 10.2. The molecule has 3 aromatic rings. The highest BCUT2D eigenvalue weighted by molar-refractivity contribution is 14.0. The Hall–Kier alpha value is -2.75. The van der Waals surface area contributed by atoms with Crippen molar-refractivity contribution in [3.63, 3.8) is 0 Å². The summed E-state index contributed by atoms with van der Waals surface area (Å²) in [6.07, 6.45) is 2.91. The molecule has 3 N–H and O–H groups in total. The van der Waals surface area contributed by atoms with Gasteiger partial charge in [-0.3, -0.25) is 4.99 Å². The van der Waals surface area contributed by atoms with Gasteiger partial charge in [0, 0.05) is 26.2 Å². The van der Waals surface area contributed by atoms with Crippen LogP contribution in [-0.4, -0.2) is 49.2 Å². The Morgan fingerprint density at radius 2 is 1.97 bits per heavy atom. The van der Waals surface area contributed by atoms with Crippen molar-refractivity contribution in [1.29, 1.82) is 0 Å². The molecule has 0 bridgehead atoms. The van der Waals surface area contributed by atoms with Crippen LogP contribution >= 0.6 is 24.0 Å². The SMILES string of the molecule is CN=C(NCc1ncc(-c2ccccc2)[nH]1)NC1CCN(c2ccccc2OC)C1.I. The van der Waals surface area contributed by atoms with Gasteiger partial charge in [0.2, 0.25) is 0 Å². The van der Waals surface area contributed by atoms with Crippen molar-refractivity contribution in [1.82, 2.24) is 20.6 Å². The molecule has 0 aliphatic carbocycles. The maximum Gasteiger partial charge on any atom is 0.191 e. The molecule has 2 aromatic carbocycles. The summed E-state index contributed by atoms with van der Waals surface area (Å²) in [6.45, 7) is 2.46. The van der Waals surface area contributed by atoms with Crippen LogP contribution in [0, 0.1) is 0 Å². The Bertz CT molecular complexity index is 990. The van der Waals surface area contributed by atoms with Gasteiger partial charge in [0.15, 0.2) is 5.96 Å². The molecule has 31 heavy (non-hydrogen) atoms. The van der Waals surface area contributed by atoms with Crippen LogP contribution < -0.4 is 20.3 Å². The molecular formula is C23H29IN6O. The lowest BCUT2D eigenvalue weighted by Gasteiger charge is -2.22. The first-order valence-electron chi connectivity index (χ1n) is 10.2. The van der Waals surface area contributed by atoms with Gasteiger partial charge < -0.3 is 25.3 Å². The molecule has 0 saturated carbocycles. The van der Waals surface area contributed by atoms with Crippen LogP contribution in [0.4, 0.5) is 5.69 Å². The zero-order valence-electron chi connectivity index (χ0n) is 17.8. The topological polar surface area (TPSA) is 77.6 Å². The second-order valence-electron chi connectivity index (χ2n) is 7.28. The van der Waals surface area contributed by atoms with Gasteiger partial charge in [-0.1, -0.05) is 42.5 Å². The number of ether oxygens (including phenoxy) is 1. The molecule has 1 fully saturated rings. The number of hydrogen-bond acceptors (Lipinski definition) is 4. The summed E-state index contributed by atoms with van der Waals surface area (Å²) in [5, 5.41) is 6.88. The summed E-state index contributed by atoms with van der Waals surface area (Å²) in [4.78, 5) is 14.6. The Morgan fingerprint density at radius 3 is 2.74 bits per heavy atom. The summed E-state index contributed by atoms with van der Waals surface area (Å²) in [7, 11) is 3.51. The molecule has 1 aliphatic rings. The fourth-order valence-electron chi connectivity index (χ4n) is 3.76. The van der Waals surface area contributed by atoms with E-state index in [0.29, 0.717) is 12.6 Å². The molecule has 1 aliphatic heterocycles. The normalized spacial score (nSPS) is 16.0. The average molecular weight is 532 g/mol. The van der Waals surface area contributed by atoms with Gasteiger partial charge in [0.25, 0.3) is 0 Å². The van der Waals surface area contributed by atoms with Crippen LogP contribution in [0.3, 0.4) is 0 Å². The van der Waals surface area contributed by atoms with Gasteiger partial charge in [0.05, 0.1) is 31.2 Å². The highest BCUT2D eigenvalue weighted by atomic mass is 127. The number of anilines is 1. The minimum Gasteiger partial charge on any atom is -0.495 e. The number of halogens is 1. The average Bonchev–Trinajstić information content (AvgIpc) is 3.47. The Labute approximate surface area is 200 Å². The van der Waals surface area contributed by atoms with E-state index in [2.05, 4.69) is 48.7 Å². The number of nitrogens with one attached hydrogen (secondary N) is 3. The molecule has 0 amide bonds. The van der Waals surface area contributed by atoms with Crippen LogP contribution in [-0.2, 0) is 6.54 Å². The fourth-order valence-corrected chi connectivity index (χ4v) is 3.76.